The second-order valence-corrected chi connectivity index (χ2v) is 6.60. The Labute approximate surface area is 170 Å². The maximum absolute atomic E-state index is 13.1. The van der Waals surface area contributed by atoms with Crippen LogP contribution in [0.25, 0.3) is 0 Å². The molecule has 1 N–H and O–H groups in total. The molecule has 0 atom stereocenters. The van der Waals surface area contributed by atoms with Crippen molar-refractivity contribution >= 4 is 5.91 Å². The van der Waals surface area contributed by atoms with Crippen molar-refractivity contribution in [3.05, 3.63) is 99.5 Å². The van der Waals surface area contributed by atoms with E-state index in [-0.39, 0.29) is 24.3 Å². The van der Waals surface area contributed by atoms with Gasteiger partial charge in [-0.05, 0) is 17.7 Å². The predicted molar refractivity (Wildman–Crippen MR) is 105 cm³/mol. The summed E-state index contributed by atoms with van der Waals surface area (Å²) in [7, 11) is 1.65. The highest BCUT2D eigenvalue weighted by molar-refractivity contribution is 5.95. The summed E-state index contributed by atoms with van der Waals surface area (Å²) in [5.74, 6) is -0.737. The summed E-state index contributed by atoms with van der Waals surface area (Å²) in [5, 5.41) is 2.43. The van der Waals surface area contributed by atoms with E-state index in [4.69, 9.17) is 4.74 Å². The number of aromatic nitrogens is 1. The van der Waals surface area contributed by atoms with Crippen LogP contribution < -0.4 is 15.5 Å². The molecular formula is C22H19F3N2O3. The Balaban J connectivity index is 1.70. The van der Waals surface area contributed by atoms with Gasteiger partial charge in [0, 0.05) is 18.8 Å². The van der Waals surface area contributed by atoms with Gasteiger partial charge in [0.05, 0.1) is 23.9 Å². The van der Waals surface area contributed by atoms with Gasteiger partial charge in [0.2, 0.25) is 5.43 Å². The van der Waals surface area contributed by atoms with Crippen molar-refractivity contribution in [1.82, 2.24) is 9.88 Å². The van der Waals surface area contributed by atoms with Crippen LogP contribution in [-0.2, 0) is 26.4 Å². The molecule has 0 fully saturated rings. The number of amides is 1. The van der Waals surface area contributed by atoms with Crippen LogP contribution in [-0.4, -0.2) is 10.5 Å². The number of hydrogen-bond acceptors (Lipinski definition) is 3. The third-order valence-corrected chi connectivity index (χ3v) is 4.45. The maximum Gasteiger partial charge on any atom is 0.417 e. The van der Waals surface area contributed by atoms with E-state index in [0.717, 1.165) is 17.7 Å². The molecule has 0 spiro atoms. The first kappa shape index (κ1) is 21.2. The van der Waals surface area contributed by atoms with E-state index in [2.05, 4.69) is 5.32 Å². The Kier molecular flexibility index (Phi) is 6.25. The van der Waals surface area contributed by atoms with Crippen molar-refractivity contribution < 1.29 is 22.7 Å². The van der Waals surface area contributed by atoms with Crippen LogP contribution in [0.5, 0.6) is 5.75 Å². The van der Waals surface area contributed by atoms with Gasteiger partial charge in [-0.25, -0.2) is 0 Å². The van der Waals surface area contributed by atoms with E-state index in [1.165, 1.54) is 24.4 Å². The van der Waals surface area contributed by atoms with E-state index >= 15 is 0 Å². The third-order valence-electron chi connectivity index (χ3n) is 4.45. The second kappa shape index (κ2) is 8.86. The van der Waals surface area contributed by atoms with Crippen molar-refractivity contribution in [2.45, 2.75) is 19.3 Å². The highest BCUT2D eigenvalue weighted by Crippen LogP contribution is 2.31. The van der Waals surface area contributed by atoms with E-state index < -0.39 is 23.2 Å². The molecule has 1 aromatic heterocycles. The van der Waals surface area contributed by atoms with Crippen LogP contribution in [0.2, 0.25) is 0 Å². The smallest absolute Gasteiger partial charge is 0.417 e. The molecule has 1 heterocycles. The Morgan fingerprint density at radius 2 is 1.73 bits per heavy atom. The number of benzene rings is 2. The van der Waals surface area contributed by atoms with E-state index in [1.54, 1.807) is 11.6 Å². The zero-order valence-electron chi connectivity index (χ0n) is 16.1. The molecular weight excluding hydrogens is 397 g/mol. The number of nitrogens with zero attached hydrogens (tertiary/aromatic N) is 1. The SMILES string of the molecule is Cn1cc(OCc2ccccc2)c(=O)cc1CNC(=O)c1ccccc1C(F)(F)F. The molecule has 3 rings (SSSR count). The standard InChI is InChI=1S/C22H19F3N2O3/c1-27-13-20(30-14-15-7-3-2-4-8-15)19(28)11-16(27)12-26-21(29)17-9-5-6-10-18(17)22(23,24)25/h2-11,13H,12,14H2,1H3,(H,26,29). The first-order valence-electron chi connectivity index (χ1n) is 9.06. The molecule has 0 unspecified atom stereocenters. The van der Waals surface area contributed by atoms with Gasteiger partial charge in [-0.1, -0.05) is 42.5 Å². The number of hydrogen-bond donors (Lipinski definition) is 1. The van der Waals surface area contributed by atoms with Gasteiger partial charge < -0.3 is 14.6 Å². The van der Waals surface area contributed by atoms with Crippen LogP contribution in [0.1, 0.15) is 27.2 Å². The number of carbonyl (C=O) groups excluding carboxylic acids is 1. The minimum absolute atomic E-state index is 0.115. The Bertz CT molecular complexity index is 1090. The number of rotatable bonds is 6. The molecule has 3 aromatic rings. The van der Waals surface area contributed by atoms with E-state index in [9.17, 15) is 22.8 Å². The lowest BCUT2D eigenvalue weighted by atomic mass is 10.1. The average molecular weight is 416 g/mol. The second-order valence-electron chi connectivity index (χ2n) is 6.60. The topological polar surface area (TPSA) is 60.3 Å². The molecule has 0 aliphatic heterocycles. The number of pyridine rings is 1. The lowest BCUT2D eigenvalue weighted by Gasteiger charge is -2.14. The minimum Gasteiger partial charge on any atom is -0.483 e. The highest BCUT2D eigenvalue weighted by atomic mass is 19.4. The summed E-state index contributed by atoms with van der Waals surface area (Å²) < 4.78 is 46.4. The van der Waals surface area contributed by atoms with Crippen LogP contribution >= 0.6 is 0 Å². The number of ether oxygens (including phenoxy) is 1. The summed E-state index contributed by atoms with van der Waals surface area (Å²) in [5.41, 5.74) is -0.549. The Hall–Kier alpha value is -3.55. The fraction of sp³-hybridized carbons (Fsp3) is 0.182. The first-order chi connectivity index (χ1) is 14.3. The zero-order chi connectivity index (χ0) is 21.7. The summed E-state index contributed by atoms with van der Waals surface area (Å²) >= 11 is 0. The molecule has 0 aliphatic rings. The molecule has 8 heteroatoms. The van der Waals surface area contributed by atoms with Crippen molar-refractivity contribution in [3.63, 3.8) is 0 Å². The molecule has 5 nitrogen and oxygen atoms in total. The molecule has 0 bridgehead atoms. The van der Waals surface area contributed by atoms with Crippen LogP contribution in [0, 0.1) is 0 Å². The largest absolute Gasteiger partial charge is 0.483 e. The average Bonchev–Trinajstić information content (AvgIpc) is 2.73. The maximum atomic E-state index is 13.1. The van der Waals surface area contributed by atoms with Gasteiger partial charge in [0.1, 0.15) is 6.61 Å². The first-order valence-corrected chi connectivity index (χ1v) is 9.06. The molecule has 0 saturated carbocycles. The van der Waals surface area contributed by atoms with Gasteiger partial charge in [-0.3, -0.25) is 9.59 Å². The quantitative estimate of drug-likeness (QED) is 0.663. The van der Waals surface area contributed by atoms with Crippen LogP contribution in [0.4, 0.5) is 13.2 Å². The number of nitrogens with one attached hydrogen (secondary N) is 1. The third kappa shape index (κ3) is 5.08. The zero-order valence-corrected chi connectivity index (χ0v) is 16.1. The number of alkyl halides is 3. The van der Waals surface area contributed by atoms with Crippen molar-refractivity contribution in [2.75, 3.05) is 0 Å². The lowest BCUT2D eigenvalue weighted by Crippen LogP contribution is -2.28. The molecule has 0 aliphatic carbocycles. The molecule has 0 radical (unpaired) electrons. The van der Waals surface area contributed by atoms with Crippen molar-refractivity contribution in [2.24, 2.45) is 7.05 Å². The minimum atomic E-state index is -4.64. The van der Waals surface area contributed by atoms with E-state index in [1.807, 2.05) is 30.3 Å². The van der Waals surface area contributed by atoms with Gasteiger partial charge in [0.25, 0.3) is 5.91 Å². The number of halogens is 3. The van der Waals surface area contributed by atoms with Crippen molar-refractivity contribution in [1.29, 1.82) is 0 Å². The predicted octanol–water partition coefficient (Wildman–Crippen LogP) is 3.91. The highest BCUT2D eigenvalue weighted by Gasteiger charge is 2.34. The van der Waals surface area contributed by atoms with Crippen molar-refractivity contribution in [3.8, 4) is 5.75 Å². The van der Waals surface area contributed by atoms with Crippen LogP contribution in [0.15, 0.2) is 71.7 Å². The molecule has 2 aromatic carbocycles. The summed E-state index contributed by atoms with van der Waals surface area (Å²) in [6.07, 6.45) is -3.16. The summed E-state index contributed by atoms with van der Waals surface area (Å²) in [6.45, 7) is 0.107. The van der Waals surface area contributed by atoms with Crippen LogP contribution in [0.3, 0.4) is 0 Å². The summed E-state index contributed by atoms with van der Waals surface area (Å²) in [4.78, 5) is 24.6. The number of carbonyl (C=O) groups is 1. The fourth-order valence-electron chi connectivity index (χ4n) is 2.86. The fourth-order valence-corrected chi connectivity index (χ4v) is 2.86. The normalized spacial score (nSPS) is 11.2. The Morgan fingerprint density at radius 3 is 2.43 bits per heavy atom. The van der Waals surface area contributed by atoms with Gasteiger partial charge in [0.15, 0.2) is 5.75 Å². The van der Waals surface area contributed by atoms with Gasteiger partial charge in [-0.2, -0.15) is 13.2 Å². The van der Waals surface area contributed by atoms with Gasteiger partial charge in [-0.15, -0.1) is 0 Å². The Morgan fingerprint density at radius 1 is 1.07 bits per heavy atom. The lowest BCUT2D eigenvalue weighted by molar-refractivity contribution is -0.137. The molecule has 156 valence electrons. The summed E-state index contributed by atoms with van der Waals surface area (Å²) in [6, 6.07) is 15.2. The van der Waals surface area contributed by atoms with E-state index in [0.29, 0.717) is 5.69 Å². The number of aryl methyl sites for hydroxylation is 1. The molecule has 1 amide bonds. The monoisotopic (exact) mass is 416 g/mol. The van der Waals surface area contributed by atoms with Gasteiger partial charge >= 0.3 is 6.18 Å². The molecule has 0 saturated heterocycles. The molecule has 30 heavy (non-hydrogen) atoms.